The Hall–Kier alpha value is -2.95. The van der Waals surface area contributed by atoms with Crippen LogP contribution < -0.4 is 0 Å². The van der Waals surface area contributed by atoms with Crippen LogP contribution in [0.2, 0.25) is 0 Å². The van der Waals surface area contributed by atoms with Gasteiger partial charge in [-0.15, -0.1) is 0 Å². The lowest BCUT2D eigenvalue weighted by Crippen LogP contribution is -2.04. The van der Waals surface area contributed by atoms with Crippen molar-refractivity contribution in [3.63, 3.8) is 0 Å². The van der Waals surface area contributed by atoms with Crippen LogP contribution in [0.4, 0.5) is 0 Å². The number of pyridine rings is 1. The maximum absolute atomic E-state index is 12.3. The van der Waals surface area contributed by atoms with Crippen molar-refractivity contribution in [1.82, 2.24) is 15.0 Å². The van der Waals surface area contributed by atoms with Gasteiger partial charge in [0, 0.05) is 35.1 Å². The molecule has 0 bridgehead atoms. The number of rotatable bonds is 3. The molecule has 0 aliphatic carbocycles. The van der Waals surface area contributed by atoms with E-state index >= 15 is 0 Å². The summed E-state index contributed by atoms with van der Waals surface area (Å²) in [5, 5.41) is 0.747. The predicted octanol–water partition coefficient (Wildman–Crippen LogP) is 2.07. The van der Waals surface area contributed by atoms with E-state index in [1.54, 1.807) is 18.3 Å². The molecule has 0 aliphatic rings. The van der Waals surface area contributed by atoms with Crippen LogP contribution in [0.5, 0.6) is 0 Å². The van der Waals surface area contributed by atoms with Crippen molar-refractivity contribution in [3.8, 4) is 0 Å². The van der Waals surface area contributed by atoms with Gasteiger partial charge in [-0.1, -0.05) is 6.07 Å². The molecular formula is C15H9N3O2. The third kappa shape index (κ3) is 2.05. The Bertz CT molecular complexity index is 801. The minimum absolute atomic E-state index is 0.223. The molecule has 5 nitrogen and oxygen atoms in total. The topological polar surface area (TPSA) is 72.8 Å². The second kappa shape index (κ2) is 4.97. The first-order valence-electron chi connectivity index (χ1n) is 5.93. The fourth-order valence-electron chi connectivity index (χ4n) is 2.02. The molecule has 20 heavy (non-hydrogen) atoms. The van der Waals surface area contributed by atoms with E-state index < -0.39 is 0 Å². The average molecular weight is 263 g/mol. The molecule has 2 heterocycles. The Balaban J connectivity index is 2.17. The largest absolute Gasteiger partial charge is 0.298 e. The van der Waals surface area contributed by atoms with Crippen molar-refractivity contribution in [2.75, 3.05) is 0 Å². The normalized spacial score (nSPS) is 10.4. The average Bonchev–Trinajstić information content (AvgIpc) is 2.54. The number of carbonyl (C=O) groups is 2. The second-order valence-corrected chi connectivity index (χ2v) is 4.21. The minimum atomic E-state index is -0.223. The van der Waals surface area contributed by atoms with Gasteiger partial charge in [-0.3, -0.25) is 14.6 Å². The van der Waals surface area contributed by atoms with E-state index in [1.807, 2.05) is 6.07 Å². The van der Waals surface area contributed by atoms with E-state index in [4.69, 9.17) is 0 Å². The first-order valence-corrected chi connectivity index (χ1v) is 5.93. The molecule has 0 saturated carbocycles. The number of nitrogens with zero attached hydrogens (tertiary/aromatic N) is 3. The van der Waals surface area contributed by atoms with Crippen LogP contribution in [0.3, 0.4) is 0 Å². The highest BCUT2D eigenvalue weighted by Gasteiger charge is 2.13. The third-order valence-electron chi connectivity index (χ3n) is 2.95. The van der Waals surface area contributed by atoms with E-state index in [0.717, 1.165) is 5.39 Å². The Morgan fingerprint density at radius 2 is 1.90 bits per heavy atom. The number of ketones is 1. The maximum Gasteiger partial charge on any atom is 0.196 e. The van der Waals surface area contributed by atoms with Crippen LogP contribution in [0.15, 0.2) is 49.2 Å². The smallest absolute Gasteiger partial charge is 0.196 e. The highest BCUT2D eigenvalue weighted by Crippen LogP contribution is 2.19. The number of benzene rings is 1. The van der Waals surface area contributed by atoms with Gasteiger partial charge in [-0.2, -0.15) is 0 Å². The van der Waals surface area contributed by atoms with Gasteiger partial charge in [0.25, 0.3) is 0 Å². The van der Waals surface area contributed by atoms with E-state index in [0.29, 0.717) is 28.5 Å². The summed E-state index contributed by atoms with van der Waals surface area (Å²) >= 11 is 0. The van der Waals surface area contributed by atoms with E-state index in [9.17, 15) is 9.59 Å². The van der Waals surface area contributed by atoms with Gasteiger partial charge in [-0.05, 0) is 18.2 Å². The lowest BCUT2D eigenvalue weighted by Gasteiger charge is -2.05. The number of carbonyl (C=O) groups excluding carboxylic acids is 2. The van der Waals surface area contributed by atoms with E-state index in [1.165, 1.54) is 24.8 Å². The fraction of sp³-hybridized carbons (Fsp3) is 0. The highest BCUT2D eigenvalue weighted by atomic mass is 16.1. The molecule has 2 aromatic heterocycles. The minimum Gasteiger partial charge on any atom is -0.298 e. The van der Waals surface area contributed by atoms with Gasteiger partial charge in [-0.25, -0.2) is 9.97 Å². The van der Waals surface area contributed by atoms with Crippen LogP contribution in [0, 0.1) is 0 Å². The summed E-state index contributed by atoms with van der Waals surface area (Å²) in [7, 11) is 0. The molecule has 0 spiro atoms. The third-order valence-corrected chi connectivity index (χ3v) is 2.95. The van der Waals surface area contributed by atoms with Crippen molar-refractivity contribution in [1.29, 1.82) is 0 Å². The number of aldehydes is 1. The number of hydrogen-bond acceptors (Lipinski definition) is 5. The SMILES string of the molecule is O=Cc1cc(C(=O)c2cncnc2)cc2cccnc12. The Labute approximate surface area is 114 Å². The standard InChI is InChI=1S/C15H9N3O2/c19-8-12-5-11(4-10-2-1-3-18-14(10)12)15(20)13-6-16-9-17-7-13/h1-9H. The summed E-state index contributed by atoms with van der Waals surface area (Å²) in [6.07, 6.45) is 6.57. The van der Waals surface area contributed by atoms with Gasteiger partial charge in [0.1, 0.15) is 6.33 Å². The zero-order chi connectivity index (χ0) is 13.9. The fourth-order valence-corrected chi connectivity index (χ4v) is 2.02. The molecule has 3 aromatic rings. The van der Waals surface area contributed by atoms with Crippen molar-refractivity contribution >= 4 is 23.0 Å². The van der Waals surface area contributed by atoms with Crippen molar-refractivity contribution in [3.05, 3.63) is 65.9 Å². The van der Waals surface area contributed by atoms with Crippen molar-refractivity contribution in [2.45, 2.75) is 0 Å². The van der Waals surface area contributed by atoms with Crippen LogP contribution in [0.1, 0.15) is 26.3 Å². The summed E-state index contributed by atoms with van der Waals surface area (Å²) in [5.41, 5.74) is 1.78. The lowest BCUT2D eigenvalue weighted by molar-refractivity contribution is 0.103. The summed E-state index contributed by atoms with van der Waals surface area (Å²) in [4.78, 5) is 35.3. The van der Waals surface area contributed by atoms with Crippen molar-refractivity contribution in [2.24, 2.45) is 0 Å². The Kier molecular flexibility index (Phi) is 3.01. The lowest BCUT2D eigenvalue weighted by atomic mass is 10.0. The summed E-state index contributed by atoms with van der Waals surface area (Å²) in [5.74, 6) is -0.223. The van der Waals surface area contributed by atoms with Gasteiger partial charge in [0.2, 0.25) is 0 Å². The molecule has 0 N–H and O–H groups in total. The number of fused-ring (bicyclic) bond motifs is 1. The summed E-state index contributed by atoms with van der Waals surface area (Å²) < 4.78 is 0. The molecule has 0 saturated heterocycles. The molecule has 1 aromatic carbocycles. The molecule has 0 atom stereocenters. The molecule has 96 valence electrons. The molecule has 3 rings (SSSR count). The first-order chi connectivity index (χ1) is 9.79. The maximum atomic E-state index is 12.3. The first kappa shape index (κ1) is 12.1. The monoisotopic (exact) mass is 263 g/mol. The number of aromatic nitrogens is 3. The highest BCUT2D eigenvalue weighted by molar-refractivity contribution is 6.12. The summed E-state index contributed by atoms with van der Waals surface area (Å²) in [6, 6.07) is 6.83. The zero-order valence-electron chi connectivity index (χ0n) is 10.4. The van der Waals surface area contributed by atoms with Gasteiger partial charge in [0.15, 0.2) is 12.1 Å². The van der Waals surface area contributed by atoms with Crippen LogP contribution >= 0.6 is 0 Å². The molecule has 5 heteroatoms. The van der Waals surface area contributed by atoms with Gasteiger partial charge in [0.05, 0.1) is 11.1 Å². The molecule has 0 aliphatic heterocycles. The second-order valence-electron chi connectivity index (χ2n) is 4.21. The van der Waals surface area contributed by atoms with Crippen molar-refractivity contribution < 1.29 is 9.59 Å². The summed E-state index contributed by atoms with van der Waals surface area (Å²) in [6.45, 7) is 0. The van der Waals surface area contributed by atoms with Crippen LogP contribution in [-0.2, 0) is 0 Å². The zero-order valence-corrected chi connectivity index (χ0v) is 10.4. The molecule has 0 unspecified atom stereocenters. The van der Waals surface area contributed by atoms with E-state index in [2.05, 4.69) is 15.0 Å². The van der Waals surface area contributed by atoms with Crippen LogP contribution in [-0.4, -0.2) is 27.0 Å². The number of hydrogen-bond donors (Lipinski definition) is 0. The molecule has 0 radical (unpaired) electrons. The predicted molar refractivity (Wildman–Crippen MR) is 72.6 cm³/mol. The van der Waals surface area contributed by atoms with Crippen LogP contribution in [0.25, 0.3) is 10.9 Å². The molecule has 0 fully saturated rings. The van der Waals surface area contributed by atoms with Gasteiger partial charge >= 0.3 is 0 Å². The molecule has 0 amide bonds. The Morgan fingerprint density at radius 1 is 1.10 bits per heavy atom. The molecular weight excluding hydrogens is 254 g/mol. The van der Waals surface area contributed by atoms with Gasteiger partial charge < -0.3 is 0 Å². The Morgan fingerprint density at radius 3 is 2.65 bits per heavy atom. The van der Waals surface area contributed by atoms with E-state index in [-0.39, 0.29) is 5.78 Å². The quantitative estimate of drug-likeness (QED) is 0.534.